The lowest BCUT2D eigenvalue weighted by atomic mass is 9.66. The summed E-state index contributed by atoms with van der Waals surface area (Å²) in [6.45, 7) is 0. The molecule has 7 heteroatoms. The maximum absolute atomic E-state index is 6.60. The third kappa shape index (κ3) is 4.80. The Bertz CT molecular complexity index is 2810. The summed E-state index contributed by atoms with van der Waals surface area (Å²) < 4.78 is 13.1. The van der Waals surface area contributed by atoms with Gasteiger partial charge >= 0.3 is 0 Å². The van der Waals surface area contributed by atoms with Gasteiger partial charge in [-0.15, -0.1) is 10.2 Å². The minimum absolute atomic E-state index is 0.440. The average molecular weight is 708 g/mol. The largest absolute Gasteiger partial charge is 0.457 e. The molecule has 1 aliphatic heterocycles. The number of fused-ring (bicyclic) bond motifs is 9. The zero-order valence-corrected chi connectivity index (χ0v) is 29.3. The first kappa shape index (κ1) is 31.1. The van der Waals surface area contributed by atoms with Crippen LogP contribution in [-0.2, 0) is 5.41 Å². The van der Waals surface area contributed by atoms with Crippen LogP contribution in [0.3, 0.4) is 0 Å². The maximum Gasteiger partial charge on any atom is 0.248 e. The Balaban J connectivity index is 1.19. The van der Waals surface area contributed by atoms with E-state index in [1.807, 2.05) is 115 Å². The molecule has 0 bridgehead atoms. The van der Waals surface area contributed by atoms with Gasteiger partial charge in [-0.1, -0.05) is 140 Å². The lowest BCUT2D eigenvalue weighted by Gasteiger charge is -2.39. The number of hydrogen-bond acceptors (Lipinski definition) is 7. The van der Waals surface area contributed by atoms with E-state index in [1.54, 1.807) is 0 Å². The summed E-state index contributed by atoms with van der Waals surface area (Å²) in [6, 6.07) is 59.5. The van der Waals surface area contributed by atoms with Crippen LogP contribution >= 0.6 is 0 Å². The molecule has 7 nitrogen and oxygen atoms in total. The van der Waals surface area contributed by atoms with Crippen molar-refractivity contribution in [2.24, 2.45) is 0 Å². The highest BCUT2D eigenvalue weighted by Gasteiger charge is 2.52. The molecule has 0 unspecified atom stereocenters. The summed E-state index contributed by atoms with van der Waals surface area (Å²) in [7, 11) is 0. The monoisotopic (exact) mass is 707 g/mol. The van der Waals surface area contributed by atoms with Gasteiger partial charge in [0, 0.05) is 38.9 Å². The van der Waals surface area contributed by atoms with Crippen LogP contribution in [0.5, 0.6) is 11.5 Å². The molecule has 7 aromatic carbocycles. The smallest absolute Gasteiger partial charge is 0.248 e. The molecule has 258 valence electrons. The first-order valence-electron chi connectivity index (χ1n) is 18.2. The average Bonchev–Trinajstić information content (AvgIpc) is 3.87. The van der Waals surface area contributed by atoms with Gasteiger partial charge in [0.25, 0.3) is 0 Å². The zero-order chi connectivity index (χ0) is 36.3. The van der Waals surface area contributed by atoms with Gasteiger partial charge in [-0.25, -0.2) is 15.0 Å². The Hall–Kier alpha value is -7.51. The molecule has 0 fully saturated rings. The van der Waals surface area contributed by atoms with Crippen molar-refractivity contribution in [1.82, 2.24) is 25.1 Å². The van der Waals surface area contributed by atoms with Crippen LogP contribution in [0.25, 0.3) is 68.2 Å². The molecule has 2 aliphatic rings. The topological polar surface area (TPSA) is 86.8 Å². The fourth-order valence-electron chi connectivity index (χ4n) is 8.24. The lowest BCUT2D eigenvalue weighted by molar-refractivity contribution is 0.436. The second kappa shape index (κ2) is 12.3. The summed E-state index contributed by atoms with van der Waals surface area (Å²) in [4.78, 5) is 15.1. The van der Waals surface area contributed by atoms with Gasteiger partial charge in [0.2, 0.25) is 11.8 Å². The molecule has 3 heterocycles. The first-order valence-corrected chi connectivity index (χ1v) is 18.2. The third-order valence-corrected chi connectivity index (χ3v) is 10.6. The van der Waals surface area contributed by atoms with Crippen LogP contribution in [0, 0.1) is 0 Å². The summed E-state index contributed by atoms with van der Waals surface area (Å²) >= 11 is 0. The van der Waals surface area contributed by atoms with E-state index in [1.165, 1.54) is 0 Å². The first-order chi connectivity index (χ1) is 27.3. The molecule has 0 amide bonds. The highest BCUT2D eigenvalue weighted by Crippen LogP contribution is 2.63. The van der Waals surface area contributed by atoms with Crippen molar-refractivity contribution < 1.29 is 9.15 Å². The van der Waals surface area contributed by atoms with E-state index in [-0.39, 0.29) is 0 Å². The zero-order valence-electron chi connectivity index (χ0n) is 29.3. The van der Waals surface area contributed by atoms with E-state index in [4.69, 9.17) is 24.1 Å². The molecule has 0 saturated heterocycles. The summed E-state index contributed by atoms with van der Waals surface area (Å²) in [5.41, 5.74) is 10.1. The minimum atomic E-state index is -0.698. The van der Waals surface area contributed by atoms with Crippen LogP contribution in [0.1, 0.15) is 22.3 Å². The maximum atomic E-state index is 6.60. The lowest BCUT2D eigenvalue weighted by Crippen LogP contribution is -2.32. The van der Waals surface area contributed by atoms with Crippen molar-refractivity contribution in [2.45, 2.75) is 5.41 Å². The second-order valence-corrected chi connectivity index (χ2v) is 13.6. The molecule has 1 aliphatic carbocycles. The quantitative estimate of drug-likeness (QED) is 0.176. The molecule has 0 N–H and O–H groups in total. The van der Waals surface area contributed by atoms with Crippen LogP contribution in [-0.4, -0.2) is 25.1 Å². The molecule has 9 aromatic rings. The van der Waals surface area contributed by atoms with E-state index in [0.29, 0.717) is 29.3 Å². The van der Waals surface area contributed by atoms with Gasteiger partial charge in [0.05, 0.1) is 5.41 Å². The molecule has 1 spiro atoms. The van der Waals surface area contributed by atoms with Crippen molar-refractivity contribution in [3.05, 3.63) is 198 Å². The number of hydrogen-bond donors (Lipinski definition) is 0. The second-order valence-electron chi connectivity index (χ2n) is 13.6. The SMILES string of the molecule is c1ccc(-c2nc(-c3ccccc3)nc(-c3ccc4c(c3)-c3c(-c5nnc(-c6ccccc6)o5)cccc3C43c4ccccc4Oc4ccccc43)n2)cc1. The highest BCUT2D eigenvalue weighted by atomic mass is 16.5. The third-order valence-electron chi connectivity index (χ3n) is 10.6. The molecular weight excluding hydrogens is 679 g/mol. The Morgan fingerprint density at radius 3 is 1.49 bits per heavy atom. The molecular formula is C48H29N5O2. The Kier molecular flexibility index (Phi) is 6.94. The normalized spacial score (nSPS) is 13.0. The van der Waals surface area contributed by atoms with Gasteiger partial charge < -0.3 is 9.15 Å². The van der Waals surface area contributed by atoms with E-state index in [9.17, 15) is 0 Å². The fraction of sp³-hybridized carbons (Fsp3) is 0.0208. The number of nitrogens with zero attached hydrogens (tertiary/aromatic N) is 5. The number of rotatable bonds is 5. The summed E-state index contributed by atoms with van der Waals surface area (Å²) in [5.74, 6) is 4.32. The van der Waals surface area contributed by atoms with Crippen LogP contribution in [0.4, 0.5) is 0 Å². The predicted molar refractivity (Wildman–Crippen MR) is 212 cm³/mol. The number of para-hydroxylation sites is 2. The Morgan fingerprint density at radius 1 is 0.364 bits per heavy atom. The predicted octanol–water partition coefficient (Wildman–Crippen LogP) is 11.1. The fourth-order valence-corrected chi connectivity index (χ4v) is 8.24. The van der Waals surface area contributed by atoms with Crippen LogP contribution in [0.15, 0.2) is 180 Å². The van der Waals surface area contributed by atoms with Crippen molar-refractivity contribution in [3.63, 3.8) is 0 Å². The summed E-state index contributed by atoms with van der Waals surface area (Å²) in [6.07, 6.45) is 0. The Morgan fingerprint density at radius 2 is 0.873 bits per heavy atom. The van der Waals surface area contributed by atoms with Crippen molar-refractivity contribution in [1.29, 1.82) is 0 Å². The van der Waals surface area contributed by atoms with E-state index >= 15 is 0 Å². The van der Waals surface area contributed by atoms with Crippen molar-refractivity contribution >= 4 is 0 Å². The van der Waals surface area contributed by atoms with Gasteiger partial charge in [-0.2, -0.15) is 0 Å². The Labute approximate surface area is 316 Å². The van der Waals surface area contributed by atoms with Gasteiger partial charge in [-0.3, -0.25) is 0 Å². The molecule has 0 radical (unpaired) electrons. The molecule has 0 saturated carbocycles. The van der Waals surface area contributed by atoms with E-state index in [0.717, 1.165) is 72.7 Å². The van der Waals surface area contributed by atoms with Crippen LogP contribution in [0.2, 0.25) is 0 Å². The van der Waals surface area contributed by atoms with Crippen molar-refractivity contribution in [2.75, 3.05) is 0 Å². The van der Waals surface area contributed by atoms with Crippen LogP contribution < -0.4 is 4.74 Å². The van der Waals surface area contributed by atoms with Gasteiger partial charge in [0.1, 0.15) is 11.5 Å². The van der Waals surface area contributed by atoms with Gasteiger partial charge in [-0.05, 0) is 58.7 Å². The number of aromatic nitrogens is 5. The van der Waals surface area contributed by atoms with Gasteiger partial charge in [0.15, 0.2) is 17.5 Å². The number of ether oxygens (including phenoxy) is 1. The highest BCUT2D eigenvalue weighted by molar-refractivity contribution is 5.96. The number of benzene rings is 7. The summed E-state index contributed by atoms with van der Waals surface area (Å²) in [5, 5.41) is 9.13. The molecule has 11 rings (SSSR count). The minimum Gasteiger partial charge on any atom is -0.457 e. The van der Waals surface area contributed by atoms with E-state index in [2.05, 4.69) is 70.9 Å². The van der Waals surface area contributed by atoms with E-state index < -0.39 is 5.41 Å². The molecule has 55 heavy (non-hydrogen) atoms. The standard InChI is InChI=1S/C48H29N5O2/c1-4-15-30(16-5-1)43-49-44(31-17-6-2-7-18-31)51-45(50-43)33-27-28-36-35(29-33)42-34(47-53-52-46(55-47)32-19-8-3-9-20-32)21-14-24-39(42)48(36)37-22-10-12-25-40(37)54-41-26-13-11-23-38(41)48/h1-29H. The molecule has 0 atom stereocenters. The van der Waals surface area contributed by atoms with Crippen molar-refractivity contribution in [3.8, 4) is 79.7 Å². The molecule has 2 aromatic heterocycles.